The summed E-state index contributed by atoms with van der Waals surface area (Å²) < 4.78 is 8.72. The summed E-state index contributed by atoms with van der Waals surface area (Å²) in [6.45, 7) is 0.417. The van der Waals surface area contributed by atoms with Gasteiger partial charge in [-0.15, -0.1) is 0 Å². The van der Waals surface area contributed by atoms with Gasteiger partial charge in [-0.1, -0.05) is 6.07 Å². The van der Waals surface area contributed by atoms with E-state index in [0.717, 1.165) is 16.5 Å². The maximum Gasteiger partial charge on any atom is 0.153 e. The summed E-state index contributed by atoms with van der Waals surface area (Å²) in [4.78, 5) is 15.2. The average Bonchev–Trinajstić information content (AvgIpc) is 3.16. The lowest BCUT2D eigenvalue weighted by molar-refractivity contribution is 0.111. The molecule has 1 aliphatic rings. The van der Waals surface area contributed by atoms with E-state index in [2.05, 4.69) is 25.5 Å². The van der Waals surface area contributed by atoms with E-state index in [-0.39, 0.29) is 0 Å². The van der Waals surface area contributed by atoms with Crippen molar-refractivity contribution in [1.29, 1.82) is 0 Å². The van der Waals surface area contributed by atoms with Crippen molar-refractivity contribution in [3.05, 3.63) is 46.5 Å². The lowest BCUT2D eigenvalue weighted by Crippen LogP contribution is -2.05. The maximum atomic E-state index is 11.0. The van der Waals surface area contributed by atoms with E-state index in [4.69, 9.17) is 4.74 Å². The number of aldehydes is 1. The van der Waals surface area contributed by atoms with Gasteiger partial charge >= 0.3 is 0 Å². The highest BCUT2D eigenvalue weighted by atomic mass is 79.9. The third kappa shape index (κ3) is 2.56. The lowest BCUT2D eigenvalue weighted by Gasteiger charge is -2.11. The van der Waals surface area contributed by atoms with Crippen LogP contribution in [0.25, 0.3) is 0 Å². The van der Waals surface area contributed by atoms with Crippen LogP contribution in [0.2, 0.25) is 0 Å². The maximum absolute atomic E-state index is 11.0. The predicted octanol–water partition coefficient (Wildman–Crippen LogP) is 3.37. The van der Waals surface area contributed by atoms with Crippen LogP contribution >= 0.6 is 15.9 Å². The predicted molar refractivity (Wildman–Crippen MR) is 74.4 cm³/mol. The minimum Gasteiger partial charge on any atom is -0.485 e. The number of benzene rings is 1. The molecule has 0 unspecified atom stereocenters. The normalized spacial score (nSPS) is 14.4. The molecule has 1 heterocycles. The molecule has 0 radical (unpaired) electrons. The van der Waals surface area contributed by atoms with E-state index in [9.17, 15) is 4.79 Å². The van der Waals surface area contributed by atoms with Crippen molar-refractivity contribution in [1.82, 2.24) is 9.55 Å². The monoisotopic (exact) mass is 320 g/mol. The van der Waals surface area contributed by atoms with E-state index < -0.39 is 0 Å². The van der Waals surface area contributed by atoms with Gasteiger partial charge in [-0.25, -0.2) is 4.98 Å². The average molecular weight is 321 g/mol. The molecule has 2 aromatic rings. The lowest BCUT2D eigenvalue weighted by atomic mass is 10.2. The zero-order valence-electron chi connectivity index (χ0n) is 10.3. The van der Waals surface area contributed by atoms with Crippen LogP contribution in [0.4, 0.5) is 0 Å². The molecule has 5 heteroatoms. The number of halogens is 1. The Balaban J connectivity index is 1.79. The highest BCUT2D eigenvalue weighted by Crippen LogP contribution is 2.36. The quantitative estimate of drug-likeness (QED) is 0.793. The van der Waals surface area contributed by atoms with Crippen LogP contribution in [0, 0.1) is 0 Å². The molecule has 0 aliphatic heterocycles. The van der Waals surface area contributed by atoms with E-state index in [1.165, 1.54) is 12.8 Å². The van der Waals surface area contributed by atoms with Crippen molar-refractivity contribution >= 4 is 22.2 Å². The van der Waals surface area contributed by atoms with Gasteiger partial charge in [0.05, 0.1) is 28.3 Å². The van der Waals surface area contributed by atoms with Gasteiger partial charge in [0.15, 0.2) is 6.29 Å². The van der Waals surface area contributed by atoms with E-state index >= 15 is 0 Å². The third-order valence-electron chi connectivity index (χ3n) is 3.18. The minimum atomic E-state index is 0.417. The van der Waals surface area contributed by atoms with Crippen molar-refractivity contribution < 1.29 is 9.53 Å². The molecule has 1 saturated carbocycles. The van der Waals surface area contributed by atoms with E-state index in [1.54, 1.807) is 6.07 Å². The summed E-state index contributed by atoms with van der Waals surface area (Å²) >= 11 is 3.41. The summed E-state index contributed by atoms with van der Waals surface area (Å²) in [7, 11) is 0. The fourth-order valence-electron chi connectivity index (χ4n) is 2.04. The molecule has 0 saturated heterocycles. The van der Waals surface area contributed by atoms with Gasteiger partial charge in [-0.2, -0.15) is 0 Å². The molecule has 0 N–H and O–H groups in total. The van der Waals surface area contributed by atoms with Crippen LogP contribution in [0.3, 0.4) is 0 Å². The number of hydrogen-bond donors (Lipinski definition) is 0. The van der Waals surface area contributed by atoms with Crippen molar-refractivity contribution in [3.8, 4) is 5.75 Å². The molecule has 0 atom stereocenters. The number of hydrogen-bond acceptors (Lipinski definition) is 3. The first-order valence-corrected chi connectivity index (χ1v) is 6.96. The van der Waals surface area contributed by atoms with Crippen LogP contribution < -0.4 is 4.74 Å². The Bertz CT molecular complexity index is 605. The number of rotatable bonds is 5. The molecule has 1 aromatic carbocycles. The van der Waals surface area contributed by atoms with Gasteiger partial charge < -0.3 is 9.30 Å². The van der Waals surface area contributed by atoms with Crippen LogP contribution in [0.1, 0.15) is 34.9 Å². The molecule has 1 fully saturated rings. The van der Waals surface area contributed by atoms with Crippen LogP contribution in [0.15, 0.2) is 35.2 Å². The third-order valence-corrected chi connectivity index (χ3v) is 3.80. The summed E-state index contributed by atoms with van der Waals surface area (Å²) in [6, 6.07) is 5.99. The first kappa shape index (κ1) is 12.4. The van der Waals surface area contributed by atoms with Gasteiger partial charge in [0.25, 0.3) is 0 Å². The smallest absolute Gasteiger partial charge is 0.153 e. The topological polar surface area (TPSA) is 44.1 Å². The van der Waals surface area contributed by atoms with Crippen LogP contribution in [-0.2, 0) is 6.61 Å². The SMILES string of the molecule is O=Cc1cccc(Br)c1OCc1cncn1C1CC1. The molecule has 1 aromatic heterocycles. The van der Waals surface area contributed by atoms with Crippen molar-refractivity contribution in [3.63, 3.8) is 0 Å². The molecular weight excluding hydrogens is 308 g/mol. The molecule has 4 nitrogen and oxygen atoms in total. The Labute approximate surface area is 119 Å². The van der Waals surface area contributed by atoms with Crippen molar-refractivity contribution in [2.24, 2.45) is 0 Å². The highest BCUT2D eigenvalue weighted by Gasteiger charge is 2.25. The summed E-state index contributed by atoms with van der Waals surface area (Å²) in [6.07, 6.45) is 6.88. The summed E-state index contributed by atoms with van der Waals surface area (Å²) in [5, 5.41) is 0. The van der Waals surface area contributed by atoms with Crippen molar-refractivity contribution in [2.75, 3.05) is 0 Å². The standard InChI is InChI=1S/C14H13BrN2O2/c15-13-3-1-2-10(7-18)14(13)19-8-12-6-16-9-17(12)11-4-5-11/h1-3,6-7,9,11H,4-5,8H2. The summed E-state index contributed by atoms with van der Waals surface area (Å²) in [5.74, 6) is 0.584. The number of carbonyl (C=O) groups is 1. The number of aromatic nitrogens is 2. The largest absolute Gasteiger partial charge is 0.485 e. The highest BCUT2D eigenvalue weighted by molar-refractivity contribution is 9.10. The number of para-hydroxylation sites is 1. The second kappa shape index (κ2) is 5.17. The molecular formula is C14H13BrN2O2. The van der Waals surface area contributed by atoms with Gasteiger partial charge in [-0.3, -0.25) is 4.79 Å². The second-order valence-corrected chi connectivity index (χ2v) is 5.44. The van der Waals surface area contributed by atoms with Crippen molar-refractivity contribution in [2.45, 2.75) is 25.5 Å². The van der Waals surface area contributed by atoms with Gasteiger partial charge in [0, 0.05) is 6.04 Å². The first-order chi connectivity index (χ1) is 9.29. The molecule has 1 aliphatic carbocycles. The molecule has 0 amide bonds. The number of carbonyl (C=O) groups excluding carboxylic acids is 1. The summed E-state index contributed by atoms with van der Waals surface area (Å²) in [5.41, 5.74) is 1.59. The zero-order chi connectivity index (χ0) is 13.2. The van der Waals surface area contributed by atoms with Crippen LogP contribution in [-0.4, -0.2) is 15.8 Å². The van der Waals surface area contributed by atoms with Gasteiger partial charge in [0.2, 0.25) is 0 Å². The number of imidazole rings is 1. The Morgan fingerprint density at radius 1 is 1.47 bits per heavy atom. The molecule has 98 valence electrons. The minimum absolute atomic E-state index is 0.417. The van der Waals surface area contributed by atoms with Gasteiger partial charge in [-0.05, 0) is 40.9 Å². The fourth-order valence-corrected chi connectivity index (χ4v) is 2.54. The van der Waals surface area contributed by atoms with Crippen LogP contribution in [0.5, 0.6) is 5.75 Å². The van der Waals surface area contributed by atoms with Gasteiger partial charge in [0.1, 0.15) is 12.4 Å². The van der Waals surface area contributed by atoms with E-state index in [0.29, 0.717) is 24.0 Å². The Kier molecular flexibility index (Phi) is 3.38. The number of ether oxygens (including phenoxy) is 1. The molecule has 0 bridgehead atoms. The molecule has 0 spiro atoms. The first-order valence-electron chi connectivity index (χ1n) is 6.17. The molecule has 19 heavy (non-hydrogen) atoms. The number of nitrogens with zero attached hydrogens (tertiary/aromatic N) is 2. The Morgan fingerprint density at radius 3 is 3.05 bits per heavy atom. The van der Waals surface area contributed by atoms with E-state index in [1.807, 2.05) is 24.7 Å². The fraction of sp³-hybridized carbons (Fsp3) is 0.286. The second-order valence-electron chi connectivity index (χ2n) is 4.59. The Hall–Kier alpha value is -1.62. The zero-order valence-corrected chi connectivity index (χ0v) is 11.8. The molecule has 3 rings (SSSR count). The Morgan fingerprint density at radius 2 is 2.32 bits per heavy atom.